The first-order valence-electron chi connectivity index (χ1n) is 8.85. The first-order valence-corrected chi connectivity index (χ1v) is 8.85. The minimum Gasteiger partial charge on any atom is -0.393 e. The molecule has 2 aliphatic rings. The number of nitrogens with zero attached hydrogens (tertiary/aromatic N) is 1. The molecule has 4 nitrogen and oxygen atoms in total. The Balaban J connectivity index is 1.78. The average molecular weight is 321 g/mol. The van der Waals surface area contributed by atoms with Crippen LogP contribution in [0.4, 0.5) is 0 Å². The zero-order valence-corrected chi connectivity index (χ0v) is 15.0. The van der Waals surface area contributed by atoms with Gasteiger partial charge < -0.3 is 14.6 Å². The molecule has 0 aromatic carbocycles. The summed E-state index contributed by atoms with van der Waals surface area (Å²) in [4.78, 5) is 0. The van der Waals surface area contributed by atoms with Crippen LogP contribution in [0.25, 0.3) is 0 Å². The lowest BCUT2D eigenvalue weighted by atomic mass is 9.87. The Morgan fingerprint density at radius 1 is 1.48 bits per heavy atom. The summed E-state index contributed by atoms with van der Waals surface area (Å²) in [5.41, 5.74) is 0.262. The van der Waals surface area contributed by atoms with Gasteiger partial charge in [0.1, 0.15) is 6.07 Å². The number of rotatable bonds is 7. The van der Waals surface area contributed by atoms with Crippen LogP contribution >= 0.6 is 0 Å². The minimum absolute atomic E-state index is 0.0294. The van der Waals surface area contributed by atoms with Crippen LogP contribution in [0.1, 0.15) is 66.2 Å². The van der Waals surface area contributed by atoms with Gasteiger partial charge in [0.15, 0.2) is 5.60 Å². The number of ether oxygens (including phenoxy) is 2. The summed E-state index contributed by atoms with van der Waals surface area (Å²) >= 11 is 0. The molecule has 2 fully saturated rings. The van der Waals surface area contributed by atoms with E-state index in [1.165, 1.54) is 5.57 Å². The van der Waals surface area contributed by atoms with Crippen molar-refractivity contribution in [2.45, 2.75) is 89.6 Å². The molecule has 0 amide bonds. The van der Waals surface area contributed by atoms with E-state index in [0.717, 1.165) is 38.5 Å². The second-order valence-electron chi connectivity index (χ2n) is 7.81. The van der Waals surface area contributed by atoms with Crippen LogP contribution < -0.4 is 0 Å². The number of aliphatic hydroxyl groups excluding tert-OH is 1. The van der Waals surface area contributed by atoms with Crippen LogP contribution in [-0.4, -0.2) is 35.1 Å². The van der Waals surface area contributed by atoms with Crippen molar-refractivity contribution in [2.24, 2.45) is 5.92 Å². The van der Waals surface area contributed by atoms with Gasteiger partial charge in [0.25, 0.3) is 0 Å². The molecule has 0 aromatic heterocycles. The topological polar surface area (TPSA) is 62.5 Å². The van der Waals surface area contributed by atoms with Gasteiger partial charge in [-0.15, -0.1) is 0 Å². The van der Waals surface area contributed by atoms with Crippen molar-refractivity contribution in [3.8, 4) is 6.07 Å². The van der Waals surface area contributed by atoms with E-state index in [9.17, 15) is 10.4 Å². The number of aliphatic hydroxyl groups is 1. The Bertz CT molecular complexity index is 479. The highest BCUT2D eigenvalue weighted by Gasteiger charge is 2.53. The van der Waals surface area contributed by atoms with Gasteiger partial charge in [-0.05, 0) is 58.8 Å². The SMILES string of the molecule is CC(C)=CCC(O)C(C)CCC[C@]1(C)OC[C@]2(C#N)CC[C@H]1O2. The Morgan fingerprint density at radius 3 is 2.87 bits per heavy atom. The van der Waals surface area contributed by atoms with Gasteiger partial charge in [0.05, 0.1) is 24.4 Å². The predicted octanol–water partition coefficient (Wildman–Crippen LogP) is 3.74. The van der Waals surface area contributed by atoms with Crippen molar-refractivity contribution in [3.05, 3.63) is 11.6 Å². The van der Waals surface area contributed by atoms with E-state index < -0.39 is 5.60 Å². The summed E-state index contributed by atoms with van der Waals surface area (Å²) in [6.45, 7) is 8.72. The van der Waals surface area contributed by atoms with Gasteiger partial charge >= 0.3 is 0 Å². The lowest BCUT2D eigenvalue weighted by Crippen LogP contribution is -2.52. The van der Waals surface area contributed by atoms with Crippen LogP contribution in [0, 0.1) is 17.2 Å². The summed E-state index contributed by atoms with van der Waals surface area (Å²) in [7, 11) is 0. The fraction of sp³-hybridized carbons (Fsp3) is 0.842. The first-order chi connectivity index (χ1) is 10.8. The molecular formula is C19H31NO3. The molecule has 2 saturated heterocycles. The Hall–Kier alpha value is -0.890. The number of hydrogen-bond donors (Lipinski definition) is 1. The molecule has 0 radical (unpaired) electrons. The van der Waals surface area contributed by atoms with E-state index >= 15 is 0 Å². The second-order valence-corrected chi connectivity index (χ2v) is 7.81. The fourth-order valence-corrected chi connectivity index (χ4v) is 3.57. The second kappa shape index (κ2) is 7.34. The maximum atomic E-state index is 10.2. The van der Waals surface area contributed by atoms with Crippen LogP contribution in [-0.2, 0) is 9.47 Å². The van der Waals surface area contributed by atoms with Crippen LogP contribution in [0.5, 0.6) is 0 Å². The van der Waals surface area contributed by atoms with Crippen molar-refractivity contribution < 1.29 is 14.6 Å². The number of hydrogen-bond acceptors (Lipinski definition) is 4. The zero-order valence-electron chi connectivity index (χ0n) is 15.0. The van der Waals surface area contributed by atoms with Gasteiger partial charge in [0.2, 0.25) is 0 Å². The normalized spacial score (nSPS) is 35.4. The fourth-order valence-electron chi connectivity index (χ4n) is 3.57. The third-order valence-corrected chi connectivity index (χ3v) is 5.46. The Kier molecular flexibility index (Phi) is 5.89. The molecule has 2 rings (SSSR count). The van der Waals surface area contributed by atoms with E-state index in [4.69, 9.17) is 9.47 Å². The third kappa shape index (κ3) is 4.35. The van der Waals surface area contributed by atoms with Gasteiger partial charge in [-0.3, -0.25) is 0 Å². The maximum Gasteiger partial charge on any atom is 0.177 e. The van der Waals surface area contributed by atoms with Gasteiger partial charge in [0, 0.05) is 0 Å². The molecule has 4 heteroatoms. The molecule has 2 heterocycles. The average Bonchev–Trinajstić information content (AvgIpc) is 2.91. The van der Waals surface area contributed by atoms with Gasteiger partial charge in [-0.25, -0.2) is 0 Å². The Morgan fingerprint density at radius 2 is 2.22 bits per heavy atom. The van der Waals surface area contributed by atoms with Crippen molar-refractivity contribution in [1.82, 2.24) is 0 Å². The predicted molar refractivity (Wildman–Crippen MR) is 89.9 cm³/mol. The van der Waals surface area contributed by atoms with E-state index in [-0.39, 0.29) is 23.7 Å². The molecule has 23 heavy (non-hydrogen) atoms. The van der Waals surface area contributed by atoms with Gasteiger partial charge in [-0.1, -0.05) is 25.0 Å². The monoisotopic (exact) mass is 321 g/mol. The van der Waals surface area contributed by atoms with E-state index in [1.54, 1.807) is 0 Å². The molecule has 2 unspecified atom stereocenters. The Labute approximate surface area is 140 Å². The van der Waals surface area contributed by atoms with Crippen LogP contribution in [0.2, 0.25) is 0 Å². The molecule has 0 saturated carbocycles. The molecule has 2 aliphatic heterocycles. The molecule has 1 N–H and O–H groups in total. The van der Waals surface area contributed by atoms with Crippen molar-refractivity contribution in [3.63, 3.8) is 0 Å². The third-order valence-electron chi connectivity index (χ3n) is 5.46. The standard InChI is InChI=1S/C19H31NO3/c1-14(2)7-8-16(21)15(3)6-5-10-18(4)17-9-11-19(12-20,23-17)13-22-18/h7,15-17,21H,5-6,8-11,13H2,1-4H3/t15?,16?,17-,18+,19-/m1/s1. The summed E-state index contributed by atoms with van der Waals surface area (Å²) < 4.78 is 12.0. The molecular weight excluding hydrogens is 290 g/mol. The minimum atomic E-state index is -0.696. The first kappa shape index (κ1) is 18.4. The largest absolute Gasteiger partial charge is 0.393 e. The van der Waals surface area contributed by atoms with E-state index in [0.29, 0.717) is 6.61 Å². The number of fused-ring (bicyclic) bond motifs is 2. The van der Waals surface area contributed by atoms with Crippen molar-refractivity contribution >= 4 is 0 Å². The summed E-state index contributed by atoms with van der Waals surface area (Å²) in [5, 5.41) is 19.5. The molecule has 0 spiro atoms. The highest BCUT2D eigenvalue weighted by atomic mass is 16.6. The van der Waals surface area contributed by atoms with E-state index in [2.05, 4.69) is 39.8 Å². The quantitative estimate of drug-likeness (QED) is 0.726. The van der Waals surface area contributed by atoms with Crippen LogP contribution in [0.3, 0.4) is 0 Å². The smallest absolute Gasteiger partial charge is 0.177 e. The summed E-state index contributed by atoms with van der Waals surface area (Å²) in [6.07, 6.45) is 7.16. The molecule has 130 valence electrons. The number of allylic oxidation sites excluding steroid dienone is 1. The van der Waals surface area contributed by atoms with Crippen molar-refractivity contribution in [1.29, 1.82) is 5.26 Å². The zero-order chi connectivity index (χ0) is 17.1. The molecule has 0 aromatic rings. The van der Waals surface area contributed by atoms with Crippen molar-refractivity contribution in [2.75, 3.05) is 6.61 Å². The molecule has 2 bridgehead atoms. The van der Waals surface area contributed by atoms with Gasteiger partial charge in [-0.2, -0.15) is 5.26 Å². The summed E-state index contributed by atoms with van der Waals surface area (Å²) in [5.74, 6) is 0.278. The summed E-state index contributed by atoms with van der Waals surface area (Å²) in [6, 6.07) is 2.27. The molecule has 5 atom stereocenters. The van der Waals surface area contributed by atoms with E-state index in [1.807, 2.05) is 0 Å². The van der Waals surface area contributed by atoms with Crippen LogP contribution in [0.15, 0.2) is 11.6 Å². The number of nitriles is 1. The highest BCUT2D eigenvalue weighted by molar-refractivity contribution is 5.12. The highest BCUT2D eigenvalue weighted by Crippen LogP contribution is 2.44. The lowest BCUT2D eigenvalue weighted by Gasteiger charge is -2.42. The molecule has 0 aliphatic carbocycles. The maximum absolute atomic E-state index is 10.2. The lowest BCUT2D eigenvalue weighted by molar-refractivity contribution is -0.223.